The number of hydrogen-bond acceptors (Lipinski definition) is 3. The lowest BCUT2D eigenvalue weighted by Crippen LogP contribution is -2.33. The molecule has 0 aliphatic rings. The molecule has 2 rings (SSSR count). The van der Waals surface area contributed by atoms with Gasteiger partial charge in [0.2, 0.25) is 5.91 Å². The van der Waals surface area contributed by atoms with Crippen molar-refractivity contribution in [3.05, 3.63) is 71.8 Å². The molecule has 2 aromatic carbocycles. The van der Waals surface area contributed by atoms with Crippen molar-refractivity contribution in [2.24, 2.45) is 0 Å². The molecule has 0 fully saturated rings. The molecule has 116 valence electrons. The van der Waals surface area contributed by atoms with Crippen LogP contribution in [0.15, 0.2) is 60.7 Å². The third kappa shape index (κ3) is 4.41. The van der Waals surface area contributed by atoms with Gasteiger partial charge in [0.15, 0.2) is 0 Å². The first-order valence-electron chi connectivity index (χ1n) is 7.28. The number of carbonyl (C=O) groups is 1. The molecule has 0 aliphatic heterocycles. The summed E-state index contributed by atoms with van der Waals surface area (Å²) in [5, 5.41) is 8.88. The van der Waals surface area contributed by atoms with Crippen molar-refractivity contribution < 1.29 is 14.6 Å². The number of ether oxygens (including phenoxy) is 1. The van der Waals surface area contributed by atoms with Crippen LogP contribution in [0.4, 0.5) is 0 Å². The molecule has 0 saturated heterocycles. The van der Waals surface area contributed by atoms with Crippen LogP contribution in [0.25, 0.3) is 0 Å². The maximum Gasteiger partial charge on any atom is 0.248 e. The summed E-state index contributed by atoms with van der Waals surface area (Å²) in [5.74, 6) is -0.147. The van der Waals surface area contributed by atoms with E-state index in [0.29, 0.717) is 6.54 Å². The summed E-state index contributed by atoms with van der Waals surface area (Å²) in [6, 6.07) is 19.7. The highest BCUT2D eigenvalue weighted by atomic mass is 16.5. The van der Waals surface area contributed by atoms with Crippen molar-refractivity contribution in [2.75, 3.05) is 26.8 Å². The van der Waals surface area contributed by atoms with Crippen molar-refractivity contribution in [3.63, 3.8) is 0 Å². The van der Waals surface area contributed by atoms with Crippen LogP contribution in [-0.4, -0.2) is 42.7 Å². The smallest absolute Gasteiger partial charge is 0.248 e. The van der Waals surface area contributed by atoms with Crippen LogP contribution < -0.4 is 0 Å². The van der Waals surface area contributed by atoms with E-state index in [1.165, 1.54) is 4.90 Å². The van der Waals surface area contributed by atoms with Gasteiger partial charge in [-0.25, -0.2) is 0 Å². The Morgan fingerprint density at radius 3 is 2.00 bits per heavy atom. The molecule has 0 saturated carbocycles. The Kier molecular flexibility index (Phi) is 6.13. The van der Waals surface area contributed by atoms with Gasteiger partial charge in [0.05, 0.1) is 6.61 Å². The molecule has 0 atom stereocenters. The van der Waals surface area contributed by atoms with Gasteiger partial charge < -0.3 is 14.7 Å². The molecule has 0 aromatic heterocycles. The Morgan fingerprint density at radius 1 is 1.05 bits per heavy atom. The number of carbonyl (C=O) groups excluding carboxylic acids is 1. The molecule has 0 spiro atoms. The van der Waals surface area contributed by atoms with Gasteiger partial charge in [0.1, 0.15) is 12.7 Å². The number of nitrogens with zero attached hydrogens (tertiary/aromatic N) is 1. The van der Waals surface area contributed by atoms with E-state index in [1.54, 1.807) is 7.05 Å². The average Bonchev–Trinajstić information content (AvgIpc) is 2.57. The normalized spacial score (nSPS) is 10.7. The number of aliphatic hydroxyl groups is 1. The summed E-state index contributed by atoms with van der Waals surface area (Å²) < 4.78 is 5.87. The molecule has 0 aliphatic carbocycles. The zero-order valence-corrected chi connectivity index (χ0v) is 12.7. The number of rotatable bonds is 7. The summed E-state index contributed by atoms with van der Waals surface area (Å²) in [6.45, 7) is 0.234. The lowest BCUT2D eigenvalue weighted by Gasteiger charge is -2.21. The second kappa shape index (κ2) is 8.32. The van der Waals surface area contributed by atoms with Crippen molar-refractivity contribution in [3.8, 4) is 0 Å². The fourth-order valence-electron chi connectivity index (χ4n) is 2.18. The molecule has 22 heavy (non-hydrogen) atoms. The van der Waals surface area contributed by atoms with Crippen LogP contribution in [0.1, 0.15) is 17.2 Å². The standard InChI is InChI=1S/C18H21NO3/c1-19(12-13-20)17(21)14-22-18(15-8-4-2-5-9-15)16-10-6-3-7-11-16/h2-11,18,20H,12-14H2,1H3. The van der Waals surface area contributed by atoms with Crippen LogP contribution in [-0.2, 0) is 9.53 Å². The van der Waals surface area contributed by atoms with Gasteiger partial charge in [-0.1, -0.05) is 60.7 Å². The monoisotopic (exact) mass is 299 g/mol. The van der Waals surface area contributed by atoms with Crippen LogP contribution in [0.3, 0.4) is 0 Å². The molecule has 0 unspecified atom stereocenters. The lowest BCUT2D eigenvalue weighted by atomic mass is 10.0. The lowest BCUT2D eigenvalue weighted by molar-refractivity contribution is -0.136. The highest BCUT2D eigenvalue weighted by molar-refractivity contribution is 5.77. The Hall–Kier alpha value is -2.17. The topological polar surface area (TPSA) is 49.8 Å². The first-order valence-corrected chi connectivity index (χ1v) is 7.28. The van der Waals surface area contributed by atoms with Gasteiger partial charge in [-0.15, -0.1) is 0 Å². The first-order chi connectivity index (χ1) is 10.7. The molecule has 1 amide bonds. The molecular formula is C18H21NO3. The van der Waals surface area contributed by atoms with Gasteiger partial charge >= 0.3 is 0 Å². The minimum atomic E-state index is -0.283. The van der Waals surface area contributed by atoms with Gasteiger partial charge in [0.25, 0.3) is 0 Å². The number of aliphatic hydroxyl groups excluding tert-OH is 1. The molecule has 1 N–H and O–H groups in total. The number of amides is 1. The van der Waals surface area contributed by atoms with Gasteiger partial charge in [-0.2, -0.15) is 0 Å². The third-order valence-corrected chi connectivity index (χ3v) is 3.44. The van der Waals surface area contributed by atoms with Crippen LogP contribution in [0, 0.1) is 0 Å². The zero-order chi connectivity index (χ0) is 15.8. The molecule has 4 heteroatoms. The maximum atomic E-state index is 12.0. The number of benzene rings is 2. The van der Waals surface area contributed by atoms with Crippen LogP contribution >= 0.6 is 0 Å². The molecular weight excluding hydrogens is 278 g/mol. The van der Waals surface area contributed by atoms with Gasteiger partial charge in [-0.05, 0) is 11.1 Å². The van der Waals surface area contributed by atoms with E-state index in [0.717, 1.165) is 11.1 Å². The molecule has 0 bridgehead atoms. The fraction of sp³-hybridized carbons (Fsp3) is 0.278. The van der Waals surface area contributed by atoms with Crippen molar-refractivity contribution in [1.82, 2.24) is 4.90 Å². The first kappa shape index (κ1) is 16.2. The minimum absolute atomic E-state index is 0.0229. The van der Waals surface area contributed by atoms with Crippen molar-refractivity contribution >= 4 is 5.91 Å². The Morgan fingerprint density at radius 2 is 1.55 bits per heavy atom. The predicted octanol–water partition coefficient (Wildman–Crippen LogP) is 2.24. The Bertz CT molecular complexity index is 532. The summed E-state index contributed by atoms with van der Waals surface area (Å²) in [6.07, 6.45) is -0.283. The summed E-state index contributed by atoms with van der Waals surface area (Å²) in [5.41, 5.74) is 2.01. The van der Waals surface area contributed by atoms with E-state index in [2.05, 4.69) is 0 Å². The predicted molar refractivity (Wildman–Crippen MR) is 85.4 cm³/mol. The molecule has 0 heterocycles. The minimum Gasteiger partial charge on any atom is -0.395 e. The molecule has 0 radical (unpaired) electrons. The van der Waals surface area contributed by atoms with Gasteiger partial charge in [-0.3, -0.25) is 4.79 Å². The molecule has 2 aromatic rings. The van der Waals surface area contributed by atoms with Gasteiger partial charge in [0, 0.05) is 13.6 Å². The maximum absolute atomic E-state index is 12.0. The number of likely N-dealkylation sites (N-methyl/N-ethyl adjacent to an activating group) is 1. The zero-order valence-electron chi connectivity index (χ0n) is 12.7. The van der Waals surface area contributed by atoms with Crippen molar-refractivity contribution in [1.29, 1.82) is 0 Å². The van der Waals surface area contributed by atoms with Crippen molar-refractivity contribution in [2.45, 2.75) is 6.10 Å². The van der Waals surface area contributed by atoms with Crippen LogP contribution in [0.2, 0.25) is 0 Å². The van der Waals surface area contributed by atoms with E-state index >= 15 is 0 Å². The average molecular weight is 299 g/mol. The van der Waals surface area contributed by atoms with E-state index in [-0.39, 0.29) is 25.2 Å². The largest absolute Gasteiger partial charge is 0.395 e. The van der Waals surface area contributed by atoms with E-state index in [4.69, 9.17) is 9.84 Å². The van der Waals surface area contributed by atoms with E-state index in [9.17, 15) is 4.79 Å². The summed E-state index contributed by atoms with van der Waals surface area (Å²) in [4.78, 5) is 13.5. The summed E-state index contributed by atoms with van der Waals surface area (Å²) in [7, 11) is 1.65. The third-order valence-electron chi connectivity index (χ3n) is 3.44. The number of hydrogen-bond donors (Lipinski definition) is 1. The Balaban J connectivity index is 2.11. The van der Waals surface area contributed by atoms with Crippen LogP contribution in [0.5, 0.6) is 0 Å². The Labute approximate surface area is 131 Å². The second-order valence-corrected chi connectivity index (χ2v) is 5.05. The molecule has 4 nitrogen and oxygen atoms in total. The van der Waals surface area contributed by atoms with E-state index < -0.39 is 0 Å². The highest BCUT2D eigenvalue weighted by Gasteiger charge is 2.17. The van der Waals surface area contributed by atoms with E-state index in [1.807, 2.05) is 60.7 Å². The second-order valence-electron chi connectivity index (χ2n) is 5.05. The quantitative estimate of drug-likeness (QED) is 0.853. The highest BCUT2D eigenvalue weighted by Crippen LogP contribution is 2.25. The SMILES string of the molecule is CN(CCO)C(=O)COC(c1ccccc1)c1ccccc1. The summed E-state index contributed by atoms with van der Waals surface area (Å²) >= 11 is 0. The fourth-order valence-corrected chi connectivity index (χ4v) is 2.18.